The van der Waals surface area contributed by atoms with Crippen molar-refractivity contribution in [1.82, 2.24) is 0 Å². The molecule has 1 unspecified atom stereocenters. The SMILES string of the molecule is CC(C)(O)c1ccc(S(=O)(=O)c2ccccc2Cl)cc1.Cc1ccccc1S(=O)(=O)c1ccc(C(C)(O)C(F)(F)F)cc1. The summed E-state index contributed by atoms with van der Waals surface area (Å²) in [5.74, 6) is 0. The van der Waals surface area contributed by atoms with Crippen LogP contribution >= 0.6 is 11.6 Å². The third kappa shape index (κ3) is 7.47. The van der Waals surface area contributed by atoms with Gasteiger partial charge in [-0.2, -0.15) is 13.2 Å². The number of halogens is 4. The van der Waals surface area contributed by atoms with Crippen LogP contribution < -0.4 is 0 Å². The molecule has 4 aromatic rings. The second-order valence-corrected chi connectivity index (χ2v) is 14.6. The summed E-state index contributed by atoms with van der Waals surface area (Å²) in [5, 5.41) is 19.7. The fourth-order valence-corrected chi connectivity index (χ4v) is 7.21. The van der Waals surface area contributed by atoms with E-state index in [9.17, 15) is 40.2 Å². The first kappa shape index (κ1) is 34.3. The Morgan fingerprint density at radius 3 is 1.42 bits per heavy atom. The molecule has 12 heteroatoms. The Balaban J connectivity index is 0.000000238. The summed E-state index contributed by atoms with van der Waals surface area (Å²) in [4.78, 5) is 0.195. The van der Waals surface area contributed by atoms with Gasteiger partial charge in [0.05, 0.1) is 30.2 Å². The number of hydrogen-bond acceptors (Lipinski definition) is 6. The average Bonchev–Trinajstić information content (AvgIpc) is 2.93. The summed E-state index contributed by atoms with van der Waals surface area (Å²) in [6.45, 7) is 5.54. The first-order valence-electron chi connectivity index (χ1n) is 12.7. The number of sulfone groups is 2. The lowest BCUT2D eigenvalue weighted by Gasteiger charge is -2.26. The van der Waals surface area contributed by atoms with E-state index in [0.29, 0.717) is 18.1 Å². The third-order valence-electron chi connectivity index (χ3n) is 6.66. The van der Waals surface area contributed by atoms with Crippen molar-refractivity contribution in [3.63, 3.8) is 0 Å². The molecule has 1 atom stereocenters. The molecule has 0 aliphatic heterocycles. The van der Waals surface area contributed by atoms with Crippen molar-refractivity contribution in [2.75, 3.05) is 0 Å². The van der Waals surface area contributed by atoms with E-state index in [2.05, 4.69) is 0 Å². The van der Waals surface area contributed by atoms with Gasteiger partial charge in [0.25, 0.3) is 0 Å². The number of hydrogen-bond donors (Lipinski definition) is 2. The molecular formula is C31H30ClF3O6S2. The highest BCUT2D eigenvalue weighted by Crippen LogP contribution is 2.39. The molecule has 0 amide bonds. The maximum Gasteiger partial charge on any atom is 0.421 e. The predicted octanol–water partition coefficient (Wildman–Crippen LogP) is 7.00. The summed E-state index contributed by atoms with van der Waals surface area (Å²) in [6.07, 6.45) is -4.86. The number of alkyl halides is 3. The number of rotatable bonds is 6. The van der Waals surface area contributed by atoms with Crippen LogP contribution in [0, 0.1) is 6.92 Å². The van der Waals surface area contributed by atoms with Crippen molar-refractivity contribution in [3.05, 3.63) is 119 Å². The van der Waals surface area contributed by atoms with E-state index in [4.69, 9.17) is 11.6 Å². The normalized spacial score (nSPS) is 13.9. The molecule has 230 valence electrons. The first-order chi connectivity index (χ1) is 19.7. The van der Waals surface area contributed by atoms with Crippen molar-refractivity contribution in [2.24, 2.45) is 0 Å². The van der Waals surface area contributed by atoms with E-state index >= 15 is 0 Å². The molecule has 2 N–H and O–H groups in total. The highest BCUT2D eigenvalue weighted by molar-refractivity contribution is 7.92. The molecule has 0 heterocycles. The average molecular weight is 655 g/mol. The quantitative estimate of drug-likeness (QED) is 0.232. The second kappa shape index (κ2) is 12.4. The maximum absolute atomic E-state index is 12.8. The van der Waals surface area contributed by atoms with Crippen molar-refractivity contribution in [1.29, 1.82) is 0 Å². The summed E-state index contributed by atoms with van der Waals surface area (Å²) in [6, 6.07) is 22.9. The molecule has 0 saturated heterocycles. The minimum Gasteiger partial charge on any atom is -0.386 e. The van der Waals surface area contributed by atoms with E-state index in [1.807, 2.05) is 0 Å². The monoisotopic (exact) mass is 654 g/mol. The molecule has 43 heavy (non-hydrogen) atoms. The smallest absolute Gasteiger partial charge is 0.386 e. The fraction of sp³-hybridized carbons (Fsp3) is 0.226. The Kier molecular flexibility index (Phi) is 9.89. The van der Waals surface area contributed by atoms with Gasteiger partial charge in [-0.05, 0) is 86.8 Å². The standard InChI is InChI=1S/C16H15F3O3S.C15H15ClO3S/c1-11-5-3-4-6-14(11)23(21,22)13-9-7-12(8-10-13)15(2,20)16(17,18)19;1-15(2,17)11-7-9-12(10-8-11)20(18,19)14-6-4-3-5-13(14)16/h3-10,20H,1-2H3;3-10,17H,1-2H3. The van der Waals surface area contributed by atoms with E-state index in [-0.39, 0.29) is 24.6 Å². The van der Waals surface area contributed by atoms with Crippen LogP contribution in [0.5, 0.6) is 0 Å². The summed E-state index contributed by atoms with van der Waals surface area (Å²) in [5.41, 5.74) is -3.28. The van der Waals surface area contributed by atoms with Gasteiger partial charge in [0.2, 0.25) is 19.7 Å². The minimum absolute atomic E-state index is 0.0812. The lowest BCUT2D eigenvalue weighted by molar-refractivity contribution is -0.258. The lowest BCUT2D eigenvalue weighted by atomic mass is 9.96. The third-order valence-corrected chi connectivity index (χ3v) is 10.9. The molecule has 4 aromatic carbocycles. The van der Waals surface area contributed by atoms with E-state index in [0.717, 1.165) is 24.3 Å². The molecule has 6 nitrogen and oxygen atoms in total. The van der Waals surface area contributed by atoms with E-state index in [1.165, 1.54) is 24.3 Å². The summed E-state index contributed by atoms with van der Waals surface area (Å²) in [7, 11) is -7.48. The molecule has 0 radical (unpaired) electrons. The zero-order chi connectivity index (χ0) is 32.4. The van der Waals surface area contributed by atoms with Crippen LogP contribution in [0.1, 0.15) is 37.5 Å². The Bertz CT molecular complexity index is 1790. The molecular weight excluding hydrogens is 625 g/mol. The molecule has 0 spiro atoms. The van der Waals surface area contributed by atoms with Gasteiger partial charge in [-0.25, -0.2) is 16.8 Å². The topological polar surface area (TPSA) is 109 Å². The molecule has 0 aliphatic rings. The second-order valence-electron chi connectivity index (χ2n) is 10.4. The van der Waals surface area contributed by atoms with Crippen LogP contribution in [0.4, 0.5) is 13.2 Å². The summed E-state index contributed by atoms with van der Waals surface area (Å²) >= 11 is 5.94. The van der Waals surface area contributed by atoms with Gasteiger partial charge >= 0.3 is 6.18 Å². The van der Waals surface area contributed by atoms with Crippen LogP contribution in [0.15, 0.2) is 117 Å². The van der Waals surface area contributed by atoms with E-state index < -0.39 is 42.6 Å². The molecule has 0 bridgehead atoms. The number of aliphatic hydroxyl groups is 2. The minimum atomic E-state index is -4.86. The van der Waals surface area contributed by atoms with Gasteiger partial charge < -0.3 is 10.2 Å². The van der Waals surface area contributed by atoms with Gasteiger partial charge in [-0.15, -0.1) is 0 Å². The van der Waals surface area contributed by atoms with Crippen LogP contribution in [-0.2, 0) is 30.9 Å². The molecule has 0 saturated carbocycles. The molecule has 0 aromatic heterocycles. The van der Waals surface area contributed by atoms with Crippen molar-refractivity contribution < 1.29 is 40.2 Å². The summed E-state index contributed by atoms with van der Waals surface area (Å²) < 4.78 is 88.4. The van der Waals surface area contributed by atoms with Gasteiger partial charge in [0, 0.05) is 0 Å². The number of benzene rings is 4. The van der Waals surface area contributed by atoms with Crippen LogP contribution in [0.25, 0.3) is 0 Å². The number of aryl methyl sites for hydroxylation is 1. The van der Waals surface area contributed by atoms with E-state index in [1.54, 1.807) is 69.3 Å². The molecule has 0 aliphatic carbocycles. The molecule has 0 fully saturated rings. The molecule has 4 rings (SSSR count). The largest absolute Gasteiger partial charge is 0.421 e. The Labute approximate surface area is 254 Å². The van der Waals surface area contributed by atoms with Gasteiger partial charge in [-0.3, -0.25) is 0 Å². The van der Waals surface area contributed by atoms with Crippen LogP contribution in [0.3, 0.4) is 0 Å². The van der Waals surface area contributed by atoms with Gasteiger partial charge in [-0.1, -0.05) is 66.2 Å². The highest BCUT2D eigenvalue weighted by atomic mass is 35.5. The van der Waals surface area contributed by atoms with Crippen molar-refractivity contribution >= 4 is 31.3 Å². The van der Waals surface area contributed by atoms with Crippen LogP contribution in [0.2, 0.25) is 5.02 Å². The zero-order valence-electron chi connectivity index (χ0n) is 23.6. The Morgan fingerprint density at radius 2 is 1.00 bits per heavy atom. The fourth-order valence-electron chi connectivity index (χ4n) is 3.94. The maximum atomic E-state index is 12.8. The first-order valence-corrected chi connectivity index (χ1v) is 16.1. The van der Waals surface area contributed by atoms with Crippen molar-refractivity contribution in [2.45, 2.75) is 64.7 Å². The van der Waals surface area contributed by atoms with Crippen molar-refractivity contribution in [3.8, 4) is 0 Å². The zero-order valence-corrected chi connectivity index (χ0v) is 26.0. The predicted molar refractivity (Wildman–Crippen MR) is 157 cm³/mol. The van der Waals surface area contributed by atoms with Gasteiger partial charge in [0.15, 0.2) is 5.60 Å². The lowest BCUT2D eigenvalue weighted by Crippen LogP contribution is -2.39. The Hall–Kier alpha value is -3.22. The van der Waals surface area contributed by atoms with Gasteiger partial charge in [0.1, 0.15) is 0 Å². The van der Waals surface area contributed by atoms with Crippen LogP contribution in [-0.4, -0.2) is 33.2 Å². The highest BCUT2D eigenvalue weighted by Gasteiger charge is 2.51. The Morgan fingerprint density at radius 1 is 0.605 bits per heavy atom.